The molecule has 0 bridgehead atoms. The van der Waals surface area contributed by atoms with E-state index in [0.29, 0.717) is 18.0 Å². The van der Waals surface area contributed by atoms with Gasteiger partial charge in [-0.25, -0.2) is 4.98 Å². The molecule has 3 rings (SSSR count). The van der Waals surface area contributed by atoms with E-state index in [9.17, 15) is 0 Å². The lowest BCUT2D eigenvalue weighted by atomic mass is 10.1. The molecule has 24 heavy (non-hydrogen) atoms. The molecule has 126 valence electrons. The molecule has 5 nitrogen and oxygen atoms in total. The number of methoxy groups -OCH3 is 2. The maximum absolute atomic E-state index is 6.15. The van der Waals surface area contributed by atoms with Gasteiger partial charge in [-0.05, 0) is 19.4 Å². The van der Waals surface area contributed by atoms with Crippen LogP contribution < -0.4 is 15.2 Å². The Kier molecular flexibility index (Phi) is 4.44. The topological polar surface area (TPSA) is 62.3 Å². The molecular weight excluding hydrogens is 302 g/mol. The van der Waals surface area contributed by atoms with Crippen LogP contribution in [0.15, 0.2) is 36.4 Å². The number of aromatic nitrogens is 2. The lowest BCUT2D eigenvalue weighted by Crippen LogP contribution is -2.14. The van der Waals surface area contributed by atoms with Crippen LogP contribution in [0.4, 0.5) is 0 Å². The smallest absolute Gasteiger partial charge is 0.163 e. The van der Waals surface area contributed by atoms with E-state index >= 15 is 0 Å². The fraction of sp³-hybridized carbons (Fsp3) is 0.316. The van der Waals surface area contributed by atoms with Gasteiger partial charge >= 0.3 is 0 Å². The number of hydrogen-bond acceptors (Lipinski definition) is 4. The van der Waals surface area contributed by atoms with Gasteiger partial charge in [0, 0.05) is 18.7 Å². The summed E-state index contributed by atoms with van der Waals surface area (Å²) in [6.45, 7) is 4.74. The number of nitrogens with two attached hydrogens (primary N) is 1. The molecule has 1 atom stereocenters. The van der Waals surface area contributed by atoms with Crippen LogP contribution >= 0.6 is 0 Å². The van der Waals surface area contributed by atoms with Crippen LogP contribution in [0.2, 0.25) is 0 Å². The van der Waals surface area contributed by atoms with Crippen molar-refractivity contribution in [2.24, 2.45) is 5.73 Å². The lowest BCUT2D eigenvalue weighted by Gasteiger charge is -2.13. The summed E-state index contributed by atoms with van der Waals surface area (Å²) in [6.07, 6.45) is 0. The van der Waals surface area contributed by atoms with Gasteiger partial charge in [-0.3, -0.25) is 0 Å². The number of ether oxygens (including phenoxy) is 2. The predicted octanol–water partition coefficient (Wildman–Crippen LogP) is 3.43. The van der Waals surface area contributed by atoms with Gasteiger partial charge < -0.3 is 19.8 Å². The van der Waals surface area contributed by atoms with Gasteiger partial charge in [0.1, 0.15) is 5.82 Å². The highest BCUT2D eigenvalue weighted by molar-refractivity contribution is 5.81. The molecule has 5 heteroatoms. The summed E-state index contributed by atoms with van der Waals surface area (Å²) in [6, 6.07) is 12.2. The van der Waals surface area contributed by atoms with Crippen LogP contribution in [-0.4, -0.2) is 23.8 Å². The molecule has 0 fully saturated rings. The summed E-state index contributed by atoms with van der Waals surface area (Å²) in [4.78, 5) is 4.71. The summed E-state index contributed by atoms with van der Waals surface area (Å²) >= 11 is 0. The number of aryl methyl sites for hydroxylation is 1. The summed E-state index contributed by atoms with van der Waals surface area (Å²) in [5.74, 6) is 2.20. The van der Waals surface area contributed by atoms with Crippen molar-refractivity contribution in [1.82, 2.24) is 9.55 Å². The number of fused-ring (bicyclic) bond motifs is 1. The largest absolute Gasteiger partial charge is 0.493 e. The van der Waals surface area contributed by atoms with Gasteiger partial charge in [0.15, 0.2) is 11.5 Å². The van der Waals surface area contributed by atoms with Gasteiger partial charge in [0.2, 0.25) is 0 Å². The molecule has 0 saturated heterocycles. The van der Waals surface area contributed by atoms with E-state index in [4.69, 9.17) is 20.2 Å². The van der Waals surface area contributed by atoms with E-state index in [1.54, 1.807) is 14.2 Å². The van der Waals surface area contributed by atoms with Gasteiger partial charge in [0.05, 0.1) is 31.3 Å². The Hall–Kier alpha value is -2.53. The summed E-state index contributed by atoms with van der Waals surface area (Å²) in [5, 5.41) is 0. The highest BCUT2D eigenvalue weighted by atomic mass is 16.5. The predicted molar refractivity (Wildman–Crippen MR) is 95.7 cm³/mol. The molecule has 1 unspecified atom stereocenters. The zero-order chi connectivity index (χ0) is 17.3. The molecule has 3 aromatic rings. The molecular formula is C19H23N3O2. The third kappa shape index (κ3) is 2.95. The second-order valence-corrected chi connectivity index (χ2v) is 6.03. The van der Waals surface area contributed by atoms with Crippen LogP contribution in [0, 0.1) is 6.92 Å². The first-order valence-corrected chi connectivity index (χ1v) is 7.96. The van der Waals surface area contributed by atoms with E-state index < -0.39 is 0 Å². The van der Waals surface area contributed by atoms with Crippen molar-refractivity contribution in [3.8, 4) is 11.5 Å². The normalized spacial score (nSPS) is 12.4. The molecule has 0 spiro atoms. The van der Waals surface area contributed by atoms with Gasteiger partial charge in [0.25, 0.3) is 0 Å². The number of nitrogens with zero attached hydrogens (tertiary/aromatic N) is 2. The van der Waals surface area contributed by atoms with Crippen LogP contribution in [0.5, 0.6) is 11.5 Å². The Balaban J connectivity index is 2.15. The Bertz CT molecular complexity index is 851. The van der Waals surface area contributed by atoms with Gasteiger partial charge in [-0.15, -0.1) is 0 Å². The third-order valence-corrected chi connectivity index (χ3v) is 4.15. The van der Waals surface area contributed by atoms with Crippen molar-refractivity contribution >= 4 is 11.0 Å². The maximum atomic E-state index is 6.15. The molecule has 1 aromatic heterocycles. The van der Waals surface area contributed by atoms with Crippen molar-refractivity contribution < 1.29 is 9.47 Å². The summed E-state index contributed by atoms with van der Waals surface area (Å²) in [5.41, 5.74) is 10.4. The van der Waals surface area contributed by atoms with Crippen LogP contribution in [0.3, 0.4) is 0 Å². The second kappa shape index (κ2) is 6.53. The molecule has 1 heterocycles. The van der Waals surface area contributed by atoms with E-state index in [0.717, 1.165) is 16.9 Å². The quantitative estimate of drug-likeness (QED) is 0.780. The van der Waals surface area contributed by atoms with Crippen molar-refractivity contribution in [2.75, 3.05) is 14.2 Å². The Morgan fingerprint density at radius 1 is 1.08 bits per heavy atom. The zero-order valence-corrected chi connectivity index (χ0v) is 14.5. The minimum absolute atomic E-state index is 0.167. The number of benzene rings is 2. The summed E-state index contributed by atoms with van der Waals surface area (Å²) in [7, 11) is 3.26. The fourth-order valence-corrected chi connectivity index (χ4v) is 2.86. The van der Waals surface area contributed by atoms with Gasteiger partial charge in [-0.1, -0.05) is 29.8 Å². The Morgan fingerprint density at radius 2 is 1.71 bits per heavy atom. The Labute approximate surface area is 142 Å². The second-order valence-electron chi connectivity index (χ2n) is 6.03. The number of hydrogen-bond donors (Lipinski definition) is 1. The highest BCUT2D eigenvalue weighted by Crippen LogP contribution is 2.33. The first-order valence-electron chi connectivity index (χ1n) is 7.96. The van der Waals surface area contributed by atoms with Crippen molar-refractivity contribution in [3.63, 3.8) is 0 Å². The van der Waals surface area contributed by atoms with E-state index in [1.165, 1.54) is 11.1 Å². The molecule has 0 aliphatic rings. The summed E-state index contributed by atoms with van der Waals surface area (Å²) < 4.78 is 13.0. The Morgan fingerprint density at radius 3 is 2.29 bits per heavy atom. The van der Waals surface area contributed by atoms with E-state index in [-0.39, 0.29) is 6.04 Å². The van der Waals surface area contributed by atoms with Crippen molar-refractivity contribution in [1.29, 1.82) is 0 Å². The molecule has 0 aliphatic heterocycles. The maximum Gasteiger partial charge on any atom is 0.163 e. The van der Waals surface area contributed by atoms with Crippen LogP contribution in [0.1, 0.15) is 29.9 Å². The van der Waals surface area contributed by atoms with Crippen LogP contribution in [0.25, 0.3) is 11.0 Å². The monoisotopic (exact) mass is 325 g/mol. The minimum atomic E-state index is -0.167. The standard InChI is InChI=1S/C19H23N3O2/c1-12-5-7-14(8-6-12)11-22-16-10-18(24-4)17(23-3)9-15(16)21-19(22)13(2)20/h5-10,13H,11,20H2,1-4H3. The first-order chi connectivity index (χ1) is 11.5. The molecule has 2 N–H and O–H groups in total. The minimum Gasteiger partial charge on any atom is -0.493 e. The van der Waals surface area contributed by atoms with Crippen LogP contribution in [-0.2, 0) is 6.54 Å². The molecule has 0 radical (unpaired) electrons. The molecule has 2 aromatic carbocycles. The van der Waals surface area contributed by atoms with E-state index in [2.05, 4.69) is 35.8 Å². The number of rotatable bonds is 5. The fourth-order valence-electron chi connectivity index (χ4n) is 2.86. The zero-order valence-electron chi connectivity index (χ0n) is 14.5. The average Bonchev–Trinajstić information content (AvgIpc) is 2.93. The molecule has 0 amide bonds. The SMILES string of the molecule is COc1cc2nc(C(C)N)n(Cc3ccc(C)cc3)c2cc1OC. The lowest BCUT2D eigenvalue weighted by molar-refractivity contribution is 0.355. The van der Waals surface area contributed by atoms with Gasteiger partial charge in [-0.2, -0.15) is 0 Å². The number of imidazole rings is 1. The third-order valence-electron chi connectivity index (χ3n) is 4.15. The molecule has 0 aliphatic carbocycles. The van der Waals surface area contributed by atoms with E-state index in [1.807, 2.05) is 19.1 Å². The molecule has 0 saturated carbocycles. The van der Waals surface area contributed by atoms with Crippen molar-refractivity contribution in [3.05, 3.63) is 53.3 Å². The first kappa shape index (κ1) is 16.3. The average molecular weight is 325 g/mol. The highest BCUT2D eigenvalue weighted by Gasteiger charge is 2.17. The van der Waals surface area contributed by atoms with Crippen molar-refractivity contribution in [2.45, 2.75) is 26.4 Å².